The van der Waals surface area contributed by atoms with E-state index in [-0.39, 0.29) is 30.6 Å². The number of hydrogen-bond donors (Lipinski definition) is 0. The fourth-order valence-electron chi connectivity index (χ4n) is 3.92. The second kappa shape index (κ2) is 7.66. The summed E-state index contributed by atoms with van der Waals surface area (Å²) in [6.45, 7) is 4.76. The number of amides is 2. The van der Waals surface area contributed by atoms with Crippen LogP contribution in [0.2, 0.25) is 0 Å². The summed E-state index contributed by atoms with van der Waals surface area (Å²) in [6, 6.07) is 7.28. The molecule has 2 aliphatic heterocycles. The maximum atomic E-state index is 13.0. The average molecular weight is 360 g/mol. The van der Waals surface area contributed by atoms with Gasteiger partial charge >= 0.3 is 0 Å². The molecule has 2 fully saturated rings. The molecule has 0 spiro atoms. The van der Waals surface area contributed by atoms with Crippen LogP contribution < -0.4 is 4.74 Å². The van der Waals surface area contributed by atoms with E-state index in [0.717, 1.165) is 17.7 Å². The third-order valence-corrected chi connectivity index (χ3v) is 5.23. The zero-order valence-electron chi connectivity index (χ0n) is 16.0. The molecule has 6 nitrogen and oxygen atoms in total. The lowest BCUT2D eigenvalue weighted by Gasteiger charge is -2.30. The Hall–Kier alpha value is -2.08. The minimum Gasteiger partial charge on any atom is -0.483 e. The first-order valence-corrected chi connectivity index (χ1v) is 9.25. The van der Waals surface area contributed by atoms with Gasteiger partial charge in [-0.2, -0.15) is 0 Å². The van der Waals surface area contributed by atoms with E-state index < -0.39 is 6.04 Å². The van der Waals surface area contributed by atoms with E-state index in [0.29, 0.717) is 18.9 Å². The highest BCUT2D eigenvalue weighted by atomic mass is 16.5. The Kier molecular flexibility index (Phi) is 5.51. The third kappa shape index (κ3) is 3.56. The van der Waals surface area contributed by atoms with Gasteiger partial charge in [0.1, 0.15) is 11.8 Å². The van der Waals surface area contributed by atoms with Crippen LogP contribution in [-0.4, -0.2) is 67.1 Å². The van der Waals surface area contributed by atoms with E-state index in [1.165, 1.54) is 0 Å². The van der Waals surface area contributed by atoms with Gasteiger partial charge in [-0.15, -0.1) is 0 Å². The van der Waals surface area contributed by atoms with E-state index in [1.54, 1.807) is 23.9 Å². The van der Waals surface area contributed by atoms with Gasteiger partial charge in [-0.1, -0.05) is 32.0 Å². The highest BCUT2D eigenvalue weighted by Gasteiger charge is 2.50. The van der Waals surface area contributed by atoms with Crippen LogP contribution in [0.4, 0.5) is 0 Å². The van der Waals surface area contributed by atoms with Crippen molar-refractivity contribution >= 4 is 11.8 Å². The number of para-hydroxylation sites is 1. The number of ether oxygens (including phenoxy) is 2. The molecular weight excluding hydrogens is 332 g/mol. The SMILES string of the molecule is CC(C)c1ccccc1OCC(=O)N1[C@H](C(=O)N(C)C)C[C@@H]2OCC[C@@H]21. The largest absolute Gasteiger partial charge is 0.483 e. The van der Waals surface area contributed by atoms with E-state index in [9.17, 15) is 9.59 Å². The number of benzene rings is 1. The van der Waals surface area contributed by atoms with Crippen LogP contribution in [0.3, 0.4) is 0 Å². The average Bonchev–Trinajstić information content (AvgIpc) is 3.19. The molecular formula is C20H28N2O4. The fraction of sp³-hybridized carbons (Fsp3) is 0.600. The molecule has 2 saturated heterocycles. The zero-order valence-corrected chi connectivity index (χ0v) is 16.0. The maximum Gasteiger partial charge on any atom is 0.261 e. The molecule has 2 aliphatic rings. The quantitative estimate of drug-likeness (QED) is 0.806. The van der Waals surface area contributed by atoms with Crippen molar-refractivity contribution in [3.05, 3.63) is 29.8 Å². The Morgan fingerprint density at radius 1 is 1.31 bits per heavy atom. The van der Waals surface area contributed by atoms with E-state index in [2.05, 4.69) is 13.8 Å². The molecule has 1 aromatic rings. The Balaban J connectivity index is 1.74. The highest BCUT2D eigenvalue weighted by molar-refractivity contribution is 5.89. The molecule has 1 aromatic carbocycles. The molecule has 0 bridgehead atoms. The molecule has 3 atom stereocenters. The van der Waals surface area contributed by atoms with Crippen LogP contribution in [0.25, 0.3) is 0 Å². The van der Waals surface area contributed by atoms with Gasteiger partial charge in [0.2, 0.25) is 5.91 Å². The van der Waals surface area contributed by atoms with Gasteiger partial charge in [0, 0.05) is 27.1 Å². The minimum atomic E-state index is -0.461. The summed E-state index contributed by atoms with van der Waals surface area (Å²) in [5, 5.41) is 0. The lowest BCUT2D eigenvalue weighted by Crippen LogP contribution is -2.50. The summed E-state index contributed by atoms with van der Waals surface area (Å²) in [4.78, 5) is 28.7. The number of rotatable bonds is 5. The number of carbonyl (C=O) groups is 2. The first-order valence-electron chi connectivity index (χ1n) is 9.25. The van der Waals surface area contributed by atoms with Crippen molar-refractivity contribution in [2.75, 3.05) is 27.3 Å². The van der Waals surface area contributed by atoms with Crippen LogP contribution in [0.15, 0.2) is 24.3 Å². The molecule has 0 N–H and O–H groups in total. The lowest BCUT2D eigenvalue weighted by atomic mass is 10.0. The number of likely N-dealkylation sites (tertiary alicyclic amines) is 1. The second-order valence-corrected chi connectivity index (χ2v) is 7.53. The van der Waals surface area contributed by atoms with Gasteiger partial charge in [0.15, 0.2) is 6.61 Å². The molecule has 26 heavy (non-hydrogen) atoms. The summed E-state index contributed by atoms with van der Waals surface area (Å²) in [5.41, 5.74) is 1.07. The van der Waals surface area contributed by atoms with Crippen molar-refractivity contribution in [3.63, 3.8) is 0 Å². The number of fused-ring (bicyclic) bond motifs is 1. The first-order chi connectivity index (χ1) is 12.4. The summed E-state index contributed by atoms with van der Waals surface area (Å²) in [6.07, 6.45) is 1.29. The molecule has 0 radical (unpaired) electrons. The smallest absolute Gasteiger partial charge is 0.261 e. The predicted molar refractivity (Wildman–Crippen MR) is 98.1 cm³/mol. The number of hydrogen-bond acceptors (Lipinski definition) is 4. The monoisotopic (exact) mass is 360 g/mol. The minimum absolute atomic E-state index is 0.0275. The second-order valence-electron chi connectivity index (χ2n) is 7.53. The summed E-state index contributed by atoms with van der Waals surface area (Å²) < 4.78 is 11.6. The third-order valence-electron chi connectivity index (χ3n) is 5.23. The number of likely N-dealkylation sites (N-methyl/N-ethyl adjacent to an activating group) is 1. The first kappa shape index (κ1) is 18.7. The molecule has 6 heteroatoms. The molecule has 3 rings (SSSR count). The topological polar surface area (TPSA) is 59.1 Å². The van der Waals surface area contributed by atoms with E-state index in [1.807, 2.05) is 24.3 Å². The van der Waals surface area contributed by atoms with Crippen molar-refractivity contribution in [2.45, 2.75) is 50.8 Å². The van der Waals surface area contributed by atoms with Crippen molar-refractivity contribution in [2.24, 2.45) is 0 Å². The Bertz CT molecular complexity index is 674. The van der Waals surface area contributed by atoms with Crippen molar-refractivity contribution in [1.29, 1.82) is 0 Å². The zero-order chi connectivity index (χ0) is 18.8. The van der Waals surface area contributed by atoms with Gasteiger partial charge in [0.25, 0.3) is 5.91 Å². The molecule has 142 valence electrons. The normalized spacial score (nSPS) is 24.7. The summed E-state index contributed by atoms with van der Waals surface area (Å²) in [5.74, 6) is 0.828. The van der Waals surface area contributed by atoms with Gasteiger partial charge in [-0.25, -0.2) is 0 Å². The van der Waals surface area contributed by atoms with Gasteiger partial charge < -0.3 is 19.3 Å². The molecule has 0 aromatic heterocycles. The molecule has 0 saturated carbocycles. The standard InChI is InChI=1S/C20H28N2O4/c1-13(2)14-7-5-6-8-17(14)26-12-19(23)22-15-9-10-25-18(15)11-16(22)20(24)21(3)4/h5-8,13,15-16,18H,9-12H2,1-4H3/t15-,16-,18-/m0/s1. The lowest BCUT2D eigenvalue weighted by molar-refractivity contribution is -0.145. The predicted octanol–water partition coefficient (Wildman–Crippen LogP) is 2.04. The highest BCUT2D eigenvalue weighted by Crippen LogP contribution is 2.34. The molecule has 2 heterocycles. The fourth-order valence-corrected chi connectivity index (χ4v) is 3.92. The van der Waals surface area contributed by atoms with Crippen molar-refractivity contribution < 1.29 is 19.1 Å². The van der Waals surface area contributed by atoms with Gasteiger partial charge in [-0.05, 0) is 24.0 Å². The number of nitrogens with zero attached hydrogens (tertiary/aromatic N) is 2. The summed E-state index contributed by atoms with van der Waals surface area (Å²) in [7, 11) is 3.44. The van der Waals surface area contributed by atoms with Crippen molar-refractivity contribution in [1.82, 2.24) is 9.80 Å². The molecule has 0 unspecified atom stereocenters. The van der Waals surface area contributed by atoms with Crippen molar-refractivity contribution in [3.8, 4) is 5.75 Å². The van der Waals surface area contributed by atoms with Crippen LogP contribution in [0, 0.1) is 0 Å². The summed E-state index contributed by atoms with van der Waals surface area (Å²) >= 11 is 0. The maximum absolute atomic E-state index is 13.0. The Morgan fingerprint density at radius 3 is 2.73 bits per heavy atom. The van der Waals surface area contributed by atoms with Crippen LogP contribution in [0.5, 0.6) is 5.75 Å². The van der Waals surface area contributed by atoms with Crippen LogP contribution in [0.1, 0.15) is 38.2 Å². The van der Waals surface area contributed by atoms with Crippen LogP contribution >= 0.6 is 0 Å². The van der Waals surface area contributed by atoms with Gasteiger partial charge in [0.05, 0.1) is 12.1 Å². The van der Waals surface area contributed by atoms with Crippen LogP contribution in [-0.2, 0) is 14.3 Å². The molecule has 2 amide bonds. The van der Waals surface area contributed by atoms with E-state index in [4.69, 9.17) is 9.47 Å². The van der Waals surface area contributed by atoms with Gasteiger partial charge in [-0.3, -0.25) is 9.59 Å². The van der Waals surface area contributed by atoms with E-state index >= 15 is 0 Å². The number of carbonyl (C=O) groups excluding carboxylic acids is 2. The Labute approximate surface area is 155 Å². The Morgan fingerprint density at radius 2 is 2.04 bits per heavy atom. The molecule has 0 aliphatic carbocycles.